The van der Waals surface area contributed by atoms with Crippen LogP contribution in [0.15, 0.2) is 35.7 Å². The minimum Gasteiger partial charge on any atom is -0.488 e. The fraction of sp³-hybridized carbons (Fsp3) is 0.500. The molecular formula is C24H32FN3O3S. The first kappa shape index (κ1) is 24.0. The number of thiophene rings is 1. The summed E-state index contributed by atoms with van der Waals surface area (Å²) in [7, 11) is 0. The van der Waals surface area contributed by atoms with E-state index in [2.05, 4.69) is 19.2 Å². The molecule has 0 radical (unpaired) electrons. The smallest absolute Gasteiger partial charge is 0.317 e. The van der Waals surface area contributed by atoms with Crippen molar-refractivity contribution < 1.29 is 18.7 Å². The van der Waals surface area contributed by atoms with Gasteiger partial charge in [0.15, 0.2) is 11.6 Å². The van der Waals surface area contributed by atoms with Crippen molar-refractivity contribution in [2.45, 2.75) is 39.7 Å². The molecule has 1 aliphatic rings. The average Bonchev–Trinajstić information content (AvgIpc) is 3.27. The lowest BCUT2D eigenvalue weighted by Gasteiger charge is -2.37. The number of urea groups is 1. The summed E-state index contributed by atoms with van der Waals surface area (Å²) in [5.41, 5.74) is 1.04. The number of amides is 3. The SMILES string of the molecule is CCNC(=O)N(CC(=O)N1CCc2sccc2[C@H]1COc1ccccc1F)C[C@H](C)CC. The molecule has 2 aromatic rings. The lowest BCUT2D eigenvalue weighted by atomic mass is 10.00. The van der Waals surface area contributed by atoms with Crippen LogP contribution in [0.25, 0.3) is 0 Å². The van der Waals surface area contributed by atoms with Gasteiger partial charge in [-0.05, 0) is 48.4 Å². The van der Waals surface area contributed by atoms with E-state index >= 15 is 0 Å². The van der Waals surface area contributed by atoms with Gasteiger partial charge in [-0.25, -0.2) is 9.18 Å². The number of nitrogens with one attached hydrogen (secondary N) is 1. The zero-order valence-electron chi connectivity index (χ0n) is 19.0. The minimum absolute atomic E-state index is 0.00580. The Morgan fingerprint density at radius 2 is 2.09 bits per heavy atom. The van der Waals surface area contributed by atoms with E-state index in [0.29, 0.717) is 19.6 Å². The molecule has 0 spiro atoms. The van der Waals surface area contributed by atoms with E-state index < -0.39 is 5.82 Å². The Kier molecular flexibility index (Phi) is 8.50. The van der Waals surface area contributed by atoms with Gasteiger partial charge < -0.3 is 19.9 Å². The number of fused-ring (bicyclic) bond motifs is 1. The lowest BCUT2D eigenvalue weighted by molar-refractivity contribution is -0.135. The molecule has 8 heteroatoms. The number of benzene rings is 1. The van der Waals surface area contributed by atoms with Crippen molar-refractivity contribution in [3.63, 3.8) is 0 Å². The molecule has 0 bridgehead atoms. The van der Waals surface area contributed by atoms with E-state index in [1.807, 2.05) is 18.4 Å². The Balaban J connectivity index is 1.77. The van der Waals surface area contributed by atoms with Crippen LogP contribution in [-0.2, 0) is 11.2 Å². The standard InChI is InChI=1S/C24H32FN3O3S/c1-4-17(3)14-27(24(30)26-5-2)15-23(29)28-12-10-22-18(11-13-32-22)20(28)16-31-21-9-7-6-8-19(21)25/h6-9,11,13,17,20H,4-5,10,12,14-16H2,1-3H3,(H,26,30)/t17-,20-/m1/s1. The summed E-state index contributed by atoms with van der Waals surface area (Å²) in [5, 5.41) is 4.82. The Morgan fingerprint density at radius 1 is 1.31 bits per heavy atom. The van der Waals surface area contributed by atoms with Crippen LogP contribution in [0.1, 0.15) is 43.7 Å². The van der Waals surface area contributed by atoms with Crippen molar-refractivity contribution in [2.24, 2.45) is 5.92 Å². The molecule has 3 rings (SSSR count). The molecule has 1 aliphatic heterocycles. The molecule has 2 atom stereocenters. The summed E-state index contributed by atoms with van der Waals surface area (Å²) in [6.07, 6.45) is 1.69. The maximum Gasteiger partial charge on any atom is 0.317 e. The van der Waals surface area contributed by atoms with Crippen molar-refractivity contribution in [2.75, 3.05) is 32.8 Å². The number of hydrogen-bond donors (Lipinski definition) is 1. The highest BCUT2D eigenvalue weighted by Gasteiger charge is 2.33. The van der Waals surface area contributed by atoms with Gasteiger partial charge >= 0.3 is 6.03 Å². The van der Waals surface area contributed by atoms with Gasteiger partial charge in [-0.2, -0.15) is 0 Å². The molecule has 0 unspecified atom stereocenters. The van der Waals surface area contributed by atoms with E-state index in [0.717, 1.165) is 18.4 Å². The van der Waals surface area contributed by atoms with Crippen molar-refractivity contribution in [1.82, 2.24) is 15.1 Å². The van der Waals surface area contributed by atoms with Gasteiger partial charge in [0.2, 0.25) is 5.91 Å². The predicted molar refractivity (Wildman–Crippen MR) is 124 cm³/mol. The monoisotopic (exact) mass is 461 g/mol. The van der Waals surface area contributed by atoms with Crippen LogP contribution < -0.4 is 10.1 Å². The highest BCUT2D eigenvalue weighted by atomic mass is 32.1. The third-order valence-corrected chi connectivity index (χ3v) is 6.82. The fourth-order valence-corrected chi connectivity index (χ4v) is 4.78. The summed E-state index contributed by atoms with van der Waals surface area (Å²) in [6, 6.07) is 7.73. The van der Waals surface area contributed by atoms with Gasteiger partial charge in [0.05, 0.1) is 6.04 Å². The number of para-hydroxylation sites is 1. The maximum absolute atomic E-state index is 14.1. The van der Waals surface area contributed by atoms with Gasteiger partial charge in [0, 0.05) is 24.5 Å². The van der Waals surface area contributed by atoms with Gasteiger partial charge in [0.1, 0.15) is 13.2 Å². The van der Waals surface area contributed by atoms with Crippen molar-refractivity contribution in [3.05, 3.63) is 52.0 Å². The normalized spacial score (nSPS) is 16.2. The van der Waals surface area contributed by atoms with Gasteiger partial charge in [0.25, 0.3) is 0 Å². The van der Waals surface area contributed by atoms with Crippen LogP contribution in [0.4, 0.5) is 9.18 Å². The molecule has 3 amide bonds. The van der Waals surface area contributed by atoms with Gasteiger partial charge in [-0.1, -0.05) is 32.4 Å². The van der Waals surface area contributed by atoms with Crippen LogP contribution in [0.3, 0.4) is 0 Å². The van der Waals surface area contributed by atoms with Crippen LogP contribution in [0, 0.1) is 11.7 Å². The summed E-state index contributed by atoms with van der Waals surface area (Å²) < 4.78 is 19.9. The molecule has 1 aromatic heterocycles. The Labute approximate surface area is 193 Å². The molecule has 32 heavy (non-hydrogen) atoms. The molecule has 6 nitrogen and oxygen atoms in total. The van der Waals surface area contributed by atoms with Crippen molar-refractivity contribution >= 4 is 23.3 Å². The number of carbonyl (C=O) groups excluding carboxylic acids is 2. The first-order valence-corrected chi connectivity index (χ1v) is 12.1. The largest absolute Gasteiger partial charge is 0.488 e. The van der Waals surface area contributed by atoms with Crippen LogP contribution >= 0.6 is 11.3 Å². The molecule has 0 fully saturated rings. The quantitative estimate of drug-likeness (QED) is 0.599. The fourth-order valence-electron chi connectivity index (χ4n) is 3.85. The number of halogens is 1. The summed E-state index contributed by atoms with van der Waals surface area (Å²) >= 11 is 1.66. The molecule has 174 valence electrons. The van der Waals surface area contributed by atoms with Crippen LogP contribution in [-0.4, -0.2) is 54.5 Å². The summed E-state index contributed by atoms with van der Waals surface area (Å²) in [4.78, 5) is 30.6. The molecule has 2 heterocycles. The Morgan fingerprint density at radius 3 is 2.81 bits per heavy atom. The number of nitrogens with zero attached hydrogens (tertiary/aromatic N) is 2. The average molecular weight is 462 g/mol. The minimum atomic E-state index is -0.428. The number of carbonyl (C=O) groups is 2. The second-order valence-corrected chi connectivity index (χ2v) is 9.12. The zero-order chi connectivity index (χ0) is 23.1. The molecule has 0 saturated heterocycles. The van der Waals surface area contributed by atoms with Gasteiger partial charge in [-0.3, -0.25) is 4.79 Å². The van der Waals surface area contributed by atoms with Gasteiger partial charge in [-0.15, -0.1) is 11.3 Å². The predicted octanol–water partition coefficient (Wildman–Crippen LogP) is 4.47. The third kappa shape index (κ3) is 5.79. The molecule has 1 N–H and O–H groups in total. The second kappa shape index (κ2) is 11.3. The topological polar surface area (TPSA) is 61.9 Å². The first-order chi connectivity index (χ1) is 15.4. The number of hydrogen-bond acceptors (Lipinski definition) is 4. The second-order valence-electron chi connectivity index (χ2n) is 8.12. The Hall–Kier alpha value is -2.61. The van der Waals surface area contributed by atoms with E-state index in [4.69, 9.17) is 4.74 Å². The van der Waals surface area contributed by atoms with Crippen LogP contribution in [0.2, 0.25) is 0 Å². The van der Waals surface area contributed by atoms with E-state index in [1.54, 1.807) is 39.3 Å². The van der Waals surface area contributed by atoms with Crippen LogP contribution in [0.5, 0.6) is 5.75 Å². The first-order valence-electron chi connectivity index (χ1n) is 11.2. The summed E-state index contributed by atoms with van der Waals surface area (Å²) in [5.74, 6) is -0.0976. The van der Waals surface area contributed by atoms with Crippen molar-refractivity contribution in [1.29, 1.82) is 0 Å². The lowest BCUT2D eigenvalue weighted by Crippen LogP contribution is -2.50. The number of ether oxygens (including phenoxy) is 1. The Bertz CT molecular complexity index is 919. The van der Waals surface area contributed by atoms with Crippen molar-refractivity contribution in [3.8, 4) is 5.75 Å². The summed E-state index contributed by atoms with van der Waals surface area (Å²) in [6.45, 7) is 7.73. The molecule has 0 saturated carbocycles. The van der Waals surface area contributed by atoms with E-state index in [1.165, 1.54) is 10.9 Å². The maximum atomic E-state index is 14.1. The highest BCUT2D eigenvalue weighted by Crippen LogP contribution is 2.34. The van der Waals surface area contributed by atoms with E-state index in [-0.39, 0.29) is 42.8 Å². The zero-order valence-corrected chi connectivity index (χ0v) is 19.8. The molecular weight excluding hydrogens is 429 g/mol. The number of rotatable bonds is 9. The highest BCUT2D eigenvalue weighted by molar-refractivity contribution is 7.10. The third-order valence-electron chi connectivity index (χ3n) is 5.82. The van der Waals surface area contributed by atoms with E-state index in [9.17, 15) is 14.0 Å². The molecule has 1 aromatic carbocycles. The molecule has 0 aliphatic carbocycles.